The smallest absolute Gasteiger partial charge is 0.239 e. The van der Waals surface area contributed by atoms with Crippen molar-refractivity contribution in [3.8, 4) is 5.75 Å². The molecule has 0 saturated heterocycles. The van der Waals surface area contributed by atoms with E-state index in [-0.39, 0.29) is 17.9 Å². The summed E-state index contributed by atoms with van der Waals surface area (Å²) < 4.78 is 5.23. The van der Waals surface area contributed by atoms with Gasteiger partial charge in [0.15, 0.2) is 0 Å². The van der Waals surface area contributed by atoms with Crippen LogP contribution in [0, 0.1) is 12.3 Å². The van der Waals surface area contributed by atoms with Gasteiger partial charge in [-0.05, 0) is 45.2 Å². The van der Waals surface area contributed by atoms with E-state index in [1.165, 1.54) is 7.11 Å². The fourth-order valence-electron chi connectivity index (χ4n) is 1.90. The summed E-state index contributed by atoms with van der Waals surface area (Å²) in [6, 6.07) is 3.59. The summed E-state index contributed by atoms with van der Waals surface area (Å²) in [5.74, 6) is -0.190. The van der Waals surface area contributed by atoms with Crippen molar-refractivity contribution in [1.29, 1.82) is 0 Å². The first-order valence-corrected chi connectivity index (χ1v) is 7.60. The molecule has 22 heavy (non-hydrogen) atoms. The van der Waals surface area contributed by atoms with Crippen LogP contribution in [0.2, 0.25) is 5.02 Å². The molecule has 1 aliphatic carbocycles. The lowest BCUT2D eigenvalue weighted by atomic mass is 9.90. The van der Waals surface area contributed by atoms with Gasteiger partial charge in [0.1, 0.15) is 11.2 Å². The summed E-state index contributed by atoms with van der Waals surface area (Å²) in [7, 11) is 1.50. The predicted molar refractivity (Wildman–Crippen MR) is 86.3 cm³/mol. The van der Waals surface area contributed by atoms with E-state index in [9.17, 15) is 9.59 Å². The van der Waals surface area contributed by atoms with Crippen LogP contribution in [0.15, 0.2) is 12.1 Å². The molecule has 0 atom stereocenters. The number of hydrogen-bond acceptors (Lipinski definition) is 3. The maximum Gasteiger partial charge on any atom is 0.239 e. The molecule has 1 aliphatic rings. The highest BCUT2D eigenvalue weighted by molar-refractivity contribution is 6.31. The lowest BCUT2D eigenvalue weighted by molar-refractivity contribution is -0.138. The number of methoxy groups -OCH3 is 1. The van der Waals surface area contributed by atoms with Gasteiger partial charge in [-0.2, -0.15) is 0 Å². The highest BCUT2D eigenvalue weighted by Gasteiger charge is 2.39. The molecule has 2 rings (SSSR count). The first-order chi connectivity index (χ1) is 10.3. The van der Waals surface area contributed by atoms with E-state index < -0.39 is 5.41 Å². The SMILES string of the molecule is COc1cc(Cl)c(C)cc1NC(=O)C(C)(C)C(=O)NC1CC1. The first kappa shape index (κ1) is 16.6. The Morgan fingerprint density at radius 1 is 1.27 bits per heavy atom. The van der Waals surface area contributed by atoms with Gasteiger partial charge < -0.3 is 15.4 Å². The van der Waals surface area contributed by atoms with Crippen LogP contribution in [0.3, 0.4) is 0 Å². The molecular weight excluding hydrogens is 304 g/mol. The van der Waals surface area contributed by atoms with E-state index in [0.29, 0.717) is 16.5 Å². The highest BCUT2D eigenvalue weighted by Crippen LogP contribution is 2.32. The topological polar surface area (TPSA) is 67.4 Å². The molecule has 0 unspecified atom stereocenters. The number of amides is 2. The third-order valence-corrected chi connectivity index (χ3v) is 4.18. The number of rotatable bonds is 5. The minimum absolute atomic E-state index is 0.215. The van der Waals surface area contributed by atoms with E-state index in [1.54, 1.807) is 26.0 Å². The van der Waals surface area contributed by atoms with Crippen LogP contribution in [-0.4, -0.2) is 25.0 Å². The third-order valence-electron chi connectivity index (χ3n) is 3.78. The quantitative estimate of drug-likeness (QED) is 0.818. The van der Waals surface area contributed by atoms with Crippen LogP contribution in [0.4, 0.5) is 5.69 Å². The van der Waals surface area contributed by atoms with Crippen molar-refractivity contribution < 1.29 is 14.3 Å². The molecular formula is C16H21ClN2O3. The number of nitrogens with one attached hydrogen (secondary N) is 2. The Balaban J connectivity index is 2.16. The molecule has 6 heteroatoms. The Morgan fingerprint density at radius 2 is 1.91 bits per heavy atom. The Bertz CT molecular complexity index is 610. The summed E-state index contributed by atoms with van der Waals surface area (Å²) >= 11 is 6.05. The largest absolute Gasteiger partial charge is 0.495 e. The van der Waals surface area contributed by atoms with Gasteiger partial charge >= 0.3 is 0 Å². The number of aryl methyl sites for hydroxylation is 1. The van der Waals surface area contributed by atoms with Gasteiger partial charge in [0.25, 0.3) is 0 Å². The Labute approximate surface area is 135 Å². The average Bonchev–Trinajstić information content (AvgIpc) is 3.26. The summed E-state index contributed by atoms with van der Waals surface area (Å²) in [6.45, 7) is 5.05. The average molecular weight is 325 g/mol. The van der Waals surface area contributed by atoms with Crippen LogP contribution in [0.5, 0.6) is 5.75 Å². The molecule has 2 amide bonds. The molecule has 1 fully saturated rings. The fourth-order valence-corrected chi connectivity index (χ4v) is 2.06. The predicted octanol–water partition coefficient (Wildman–Crippen LogP) is 2.90. The zero-order valence-electron chi connectivity index (χ0n) is 13.2. The molecule has 0 spiro atoms. The number of anilines is 1. The number of carbonyl (C=O) groups excluding carboxylic acids is 2. The molecule has 1 saturated carbocycles. The maximum atomic E-state index is 12.5. The van der Waals surface area contributed by atoms with Gasteiger partial charge in [0, 0.05) is 17.1 Å². The number of halogens is 1. The second-order valence-electron chi connectivity index (χ2n) is 6.13. The van der Waals surface area contributed by atoms with Gasteiger partial charge in [0.05, 0.1) is 12.8 Å². The van der Waals surface area contributed by atoms with Crippen molar-refractivity contribution >= 4 is 29.1 Å². The maximum absolute atomic E-state index is 12.5. The van der Waals surface area contributed by atoms with E-state index >= 15 is 0 Å². The van der Waals surface area contributed by atoms with Crippen LogP contribution in [0.1, 0.15) is 32.3 Å². The first-order valence-electron chi connectivity index (χ1n) is 7.22. The zero-order valence-corrected chi connectivity index (χ0v) is 14.0. The normalized spacial score (nSPS) is 14.4. The van der Waals surface area contributed by atoms with Crippen LogP contribution in [-0.2, 0) is 9.59 Å². The monoisotopic (exact) mass is 324 g/mol. The van der Waals surface area contributed by atoms with Crippen LogP contribution < -0.4 is 15.4 Å². The number of benzene rings is 1. The van der Waals surface area contributed by atoms with Gasteiger partial charge in [0.2, 0.25) is 11.8 Å². The van der Waals surface area contributed by atoms with Crippen molar-refractivity contribution in [1.82, 2.24) is 5.32 Å². The van der Waals surface area contributed by atoms with Crippen LogP contribution >= 0.6 is 11.6 Å². The van der Waals surface area contributed by atoms with Crippen molar-refractivity contribution in [2.75, 3.05) is 12.4 Å². The standard InChI is InChI=1S/C16H21ClN2O3/c1-9-7-12(13(22-4)8-11(9)17)19-15(21)16(2,3)14(20)18-10-5-6-10/h7-8,10H,5-6H2,1-4H3,(H,18,20)(H,19,21). The Kier molecular flexibility index (Phi) is 4.66. The number of hydrogen-bond donors (Lipinski definition) is 2. The molecule has 0 radical (unpaired) electrons. The van der Waals surface area contributed by atoms with E-state index in [0.717, 1.165) is 18.4 Å². The van der Waals surface area contributed by atoms with Gasteiger partial charge in [-0.1, -0.05) is 11.6 Å². The fraction of sp³-hybridized carbons (Fsp3) is 0.500. The minimum Gasteiger partial charge on any atom is -0.495 e. The number of carbonyl (C=O) groups is 2. The molecule has 1 aromatic carbocycles. The van der Waals surface area contributed by atoms with Gasteiger partial charge in [-0.3, -0.25) is 9.59 Å². The van der Waals surface area contributed by atoms with Crippen molar-refractivity contribution in [3.63, 3.8) is 0 Å². The molecule has 120 valence electrons. The van der Waals surface area contributed by atoms with Crippen molar-refractivity contribution in [3.05, 3.63) is 22.7 Å². The second-order valence-corrected chi connectivity index (χ2v) is 6.54. The van der Waals surface area contributed by atoms with E-state index in [1.807, 2.05) is 6.92 Å². The van der Waals surface area contributed by atoms with E-state index in [4.69, 9.17) is 16.3 Å². The summed E-state index contributed by atoms with van der Waals surface area (Å²) in [5.41, 5.74) is 0.154. The third kappa shape index (κ3) is 3.53. The summed E-state index contributed by atoms with van der Waals surface area (Å²) in [4.78, 5) is 24.7. The summed E-state index contributed by atoms with van der Waals surface area (Å²) in [5, 5.41) is 6.17. The van der Waals surface area contributed by atoms with E-state index in [2.05, 4.69) is 10.6 Å². The van der Waals surface area contributed by atoms with Crippen LogP contribution in [0.25, 0.3) is 0 Å². The highest BCUT2D eigenvalue weighted by atomic mass is 35.5. The molecule has 0 heterocycles. The molecule has 5 nitrogen and oxygen atoms in total. The Morgan fingerprint density at radius 3 is 2.45 bits per heavy atom. The molecule has 0 aliphatic heterocycles. The minimum atomic E-state index is -1.17. The lowest BCUT2D eigenvalue weighted by Crippen LogP contribution is -2.45. The van der Waals surface area contributed by atoms with Crippen molar-refractivity contribution in [2.24, 2.45) is 5.41 Å². The zero-order chi connectivity index (χ0) is 16.5. The second kappa shape index (κ2) is 6.16. The van der Waals surface area contributed by atoms with Gasteiger partial charge in [-0.15, -0.1) is 0 Å². The molecule has 2 N–H and O–H groups in total. The molecule has 0 bridgehead atoms. The number of ether oxygens (including phenoxy) is 1. The Hall–Kier alpha value is -1.75. The lowest BCUT2D eigenvalue weighted by Gasteiger charge is -2.23. The summed E-state index contributed by atoms with van der Waals surface area (Å²) in [6.07, 6.45) is 1.96. The van der Waals surface area contributed by atoms with Crippen molar-refractivity contribution in [2.45, 2.75) is 39.7 Å². The molecule has 0 aromatic heterocycles. The molecule has 1 aromatic rings. The van der Waals surface area contributed by atoms with Gasteiger partial charge in [-0.25, -0.2) is 0 Å².